The fraction of sp³-hybridized carbons (Fsp3) is 0. The monoisotopic (exact) mass is 322 g/mol. The van der Waals surface area contributed by atoms with Crippen molar-refractivity contribution >= 4 is 80.6 Å². The van der Waals surface area contributed by atoms with E-state index in [1.165, 1.54) is 0 Å². The van der Waals surface area contributed by atoms with Gasteiger partial charge < -0.3 is 4.42 Å². The largest absolute Gasteiger partial charge is 0.441 e. The minimum atomic E-state index is -0.00574. The van der Waals surface area contributed by atoms with Crippen molar-refractivity contribution in [3.05, 3.63) is 30.3 Å². The summed E-state index contributed by atoms with van der Waals surface area (Å²) in [6.07, 6.45) is 0. The van der Waals surface area contributed by atoms with Crippen LogP contribution in [0.3, 0.4) is 0 Å². The maximum absolute atomic E-state index is 5.94. The molecular formula is C8Cl6O. The summed E-state index contributed by atoms with van der Waals surface area (Å²) in [7, 11) is 0. The topological polar surface area (TPSA) is 13.1 Å². The van der Waals surface area contributed by atoms with Gasteiger partial charge >= 0.3 is 0 Å². The molecule has 15 heavy (non-hydrogen) atoms. The molecule has 0 unspecified atom stereocenters. The highest BCUT2D eigenvalue weighted by Gasteiger charge is 2.22. The summed E-state index contributed by atoms with van der Waals surface area (Å²) in [6, 6.07) is 0. The van der Waals surface area contributed by atoms with Gasteiger partial charge in [-0.05, 0) is 11.6 Å². The van der Waals surface area contributed by atoms with Crippen molar-refractivity contribution < 1.29 is 4.42 Å². The van der Waals surface area contributed by atoms with Crippen LogP contribution in [0.4, 0.5) is 0 Å². The number of halogens is 6. The number of benzene rings is 1. The molecule has 1 nitrogen and oxygen atoms in total. The summed E-state index contributed by atoms with van der Waals surface area (Å²) in [5, 5.41) is 1.05. The molecule has 0 saturated heterocycles. The molecule has 0 amide bonds. The third-order valence-corrected chi connectivity index (χ3v) is 4.32. The van der Waals surface area contributed by atoms with Crippen molar-refractivity contribution in [3.8, 4) is 0 Å². The second-order valence-corrected chi connectivity index (χ2v) is 4.88. The second-order valence-electron chi connectivity index (χ2n) is 2.65. The van der Waals surface area contributed by atoms with Crippen LogP contribution in [0, 0.1) is 0 Å². The van der Waals surface area contributed by atoms with Gasteiger partial charge in [0.05, 0.1) is 20.5 Å². The molecule has 0 spiro atoms. The van der Waals surface area contributed by atoms with Crippen LogP contribution in [0.5, 0.6) is 0 Å². The van der Waals surface area contributed by atoms with E-state index in [4.69, 9.17) is 74.0 Å². The van der Waals surface area contributed by atoms with Crippen LogP contribution >= 0.6 is 69.6 Å². The average Bonchev–Trinajstić information content (AvgIpc) is 2.50. The van der Waals surface area contributed by atoms with Gasteiger partial charge in [-0.25, -0.2) is 0 Å². The summed E-state index contributed by atoms with van der Waals surface area (Å²) in [5.41, 5.74) is 0.228. The molecule has 1 aromatic carbocycles. The first-order valence-electron chi connectivity index (χ1n) is 3.54. The molecule has 80 valence electrons. The summed E-state index contributed by atoms with van der Waals surface area (Å²) in [6.45, 7) is 0. The Morgan fingerprint density at radius 3 is 1.73 bits per heavy atom. The predicted molar refractivity (Wildman–Crippen MR) is 66.3 cm³/mol. The van der Waals surface area contributed by atoms with Crippen molar-refractivity contribution in [2.45, 2.75) is 0 Å². The molecule has 2 aromatic rings. The highest BCUT2D eigenvalue weighted by Crippen LogP contribution is 2.48. The van der Waals surface area contributed by atoms with Crippen LogP contribution in [0.2, 0.25) is 30.3 Å². The Hall–Kier alpha value is 0.500. The normalized spacial score (nSPS) is 11.3. The third-order valence-electron chi connectivity index (χ3n) is 1.81. The minimum absolute atomic E-state index is 0.00574. The van der Waals surface area contributed by atoms with Crippen molar-refractivity contribution in [2.75, 3.05) is 0 Å². The second kappa shape index (κ2) is 4.06. The van der Waals surface area contributed by atoms with E-state index in [2.05, 4.69) is 0 Å². The maximum atomic E-state index is 5.94. The lowest BCUT2D eigenvalue weighted by atomic mass is 10.2. The standard InChI is InChI=1S/C8Cl6O/c9-2-1-3(10)8(14)15-7(1)6(13)5(12)4(2)11. The van der Waals surface area contributed by atoms with Gasteiger partial charge in [-0.3, -0.25) is 0 Å². The third kappa shape index (κ3) is 1.70. The number of furan rings is 1. The van der Waals surface area contributed by atoms with Crippen LogP contribution in [0.15, 0.2) is 4.42 Å². The minimum Gasteiger partial charge on any atom is -0.441 e. The van der Waals surface area contributed by atoms with E-state index in [-0.39, 0.29) is 35.9 Å². The van der Waals surface area contributed by atoms with Crippen molar-refractivity contribution in [1.82, 2.24) is 0 Å². The van der Waals surface area contributed by atoms with Crippen LogP contribution < -0.4 is 0 Å². The van der Waals surface area contributed by atoms with E-state index in [0.717, 1.165) is 0 Å². The van der Waals surface area contributed by atoms with Crippen molar-refractivity contribution in [1.29, 1.82) is 0 Å². The van der Waals surface area contributed by atoms with Gasteiger partial charge in [-0.2, -0.15) is 0 Å². The summed E-state index contributed by atoms with van der Waals surface area (Å²) in [4.78, 5) is 0. The zero-order valence-electron chi connectivity index (χ0n) is 6.68. The lowest BCUT2D eigenvalue weighted by Gasteiger charge is -2.02. The van der Waals surface area contributed by atoms with Gasteiger partial charge in [0, 0.05) is 0 Å². The smallest absolute Gasteiger partial charge is 0.213 e. The van der Waals surface area contributed by atoms with E-state index in [1.54, 1.807) is 0 Å². The fourth-order valence-electron chi connectivity index (χ4n) is 1.14. The Morgan fingerprint density at radius 2 is 1.13 bits per heavy atom. The molecule has 0 fully saturated rings. The number of rotatable bonds is 0. The van der Waals surface area contributed by atoms with Crippen LogP contribution in [-0.4, -0.2) is 0 Å². The van der Waals surface area contributed by atoms with Gasteiger partial charge in [0.2, 0.25) is 5.22 Å². The number of fused-ring (bicyclic) bond motifs is 1. The Kier molecular flexibility index (Phi) is 3.24. The molecule has 1 heterocycles. The molecule has 0 N–H and O–H groups in total. The zero-order chi connectivity index (χ0) is 11.3. The molecule has 7 heteroatoms. The molecule has 0 aliphatic carbocycles. The lowest BCUT2D eigenvalue weighted by molar-refractivity contribution is 0.618. The molecule has 0 bridgehead atoms. The first-order chi connectivity index (χ1) is 6.95. The maximum Gasteiger partial charge on any atom is 0.213 e. The molecule has 2 rings (SSSR count). The van der Waals surface area contributed by atoms with Crippen LogP contribution in [0.25, 0.3) is 11.0 Å². The number of hydrogen-bond acceptors (Lipinski definition) is 1. The molecule has 0 radical (unpaired) electrons. The lowest BCUT2D eigenvalue weighted by Crippen LogP contribution is -1.77. The van der Waals surface area contributed by atoms with Gasteiger partial charge in [-0.1, -0.05) is 58.0 Å². The summed E-state index contributed by atoms with van der Waals surface area (Å²) < 4.78 is 5.12. The molecule has 0 atom stereocenters. The summed E-state index contributed by atoms with van der Waals surface area (Å²) >= 11 is 35.1. The molecular weight excluding hydrogens is 325 g/mol. The van der Waals surface area contributed by atoms with Crippen LogP contribution in [0.1, 0.15) is 0 Å². The van der Waals surface area contributed by atoms with E-state index >= 15 is 0 Å². The van der Waals surface area contributed by atoms with Gasteiger partial charge in [-0.15, -0.1) is 0 Å². The highest BCUT2D eigenvalue weighted by atomic mass is 35.5. The quantitative estimate of drug-likeness (QED) is 0.406. The highest BCUT2D eigenvalue weighted by molar-refractivity contribution is 6.57. The van der Waals surface area contributed by atoms with Gasteiger partial charge in [0.15, 0.2) is 5.58 Å². The van der Waals surface area contributed by atoms with E-state index in [0.29, 0.717) is 5.39 Å². The fourth-order valence-corrected chi connectivity index (χ4v) is 2.54. The zero-order valence-corrected chi connectivity index (χ0v) is 11.2. The van der Waals surface area contributed by atoms with E-state index in [9.17, 15) is 0 Å². The van der Waals surface area contributed by atoms with Crippen LogP contribution in [-0.2, 0) is 0 Å². The Balaban J connectivity index is 3.07. The molecule has 0 saturated carbocycles. The first kappa shape index (κ1) is 12.0. The average molecular weight is 325 g/mol. The van der Waals surface area contributed by atoms with Gasteiger partial charge in [0.25, 0.3) is 0 Å². The Bertz CT molecular complexity index is 558. The first-order valence-corrected chi connectivity index (χ1v) is 5.81. The Labute approximate surface area is 115 Å². The van der Waals surface area contributed by atoms with Gasteiger partial charge in [0.1, 0.15) is 10.0 Å². The number of hydrogen-bond donors (Lipinski definition) is 0. The van der Waals surface area contributed by atoms with E-state index < -0.39 is 0 Å². The summed E-state index contributed by atoms with van der Waals surface area (Å²) in [5.74, 6) is 0. The SMILES string of the molecule is Clc1oc2c(Cl)c(Cl)c(Cl)c(Cl)c2c1Cl. The Morgan fingerprint density at radius 1 is 0.600 bits per heavy atom. The predicted octanol–water partition coefficient (Wildman–Crippen LogP) is 6.35. The molecule has 0 aliphatic heterocycles. The van der Waals surface area contributed by atoms with Crippen molar-refractivity contribution in [3.63, 3.8) is 0 Å². The van der Waals surface area contributed by atoms with Crippen molar-refractivity contribution in [2.24, 2.45) is 0 Å². The molecule has 0 aliphatic rings. The molecule has 1 aromatic heterocycles. The van der Waals surface area contributed by atoms with E-state index in [1.807, 2.05) is 0 Å².